The van der Waals surface area contributed by atoms with Crippen molar-refractivity contribution in [1.82, 2.24) is 4.90 Å². The van der Waals surface area contributed by atoms with E-state index in [4.69, 9.17) is 9.47 Å². The van der Waals surface area contributed by atoms with Crippen molar-refractivity contribution in [2.45, 2.75) is 51.3 Å². The van der Waals surface area contributed by atoms with Crippen LogP contribution < -0.4 is 0 Å². The molecule has 1 aliphatic heterocycles. The maximum absolute atomic E-state index is 12.2. The van der Waals surface area contributed by atoms with E-state index in [9.17, 15) is 13.8 Å². The molecule has 0 unspecified atom stereocenters. The molecule has 1 saturated heterocycles. The molecule has 20 heavy (non-hydrogen) atoms. The Morgan fingerprint density at radius 2 is 1.95 bits per heavy atom. The third-order valence-electron chi connectivity index (χ3n) is 2.85. The van der Waals surface area contributed by atoms with Crippen molar-refractivity contribution in [1.29, 1.82) is 0 Å². The second-order valence-electron chi connectivity index (χ2n) is 5.58. The van der Waals surface area contributed by atoms with Crippen molar-refractivity contribution in [3.8, 4) is 0 Å². The van der Waals surface area contributed by atoms with Gasteiger partial charge in [-0.1, -0.05) is 0 Å². The molecule has 0 aliphatic carbocycles. The summed E-state index contributed by atoms with van der Waals surface area (Å²) in [6.45, 7) is 5.43. The minimum atomic E-state index is -0.682. The van der Waals surface area contributed by atoms with Crippen molar-refractivity contribution < 1.29 is 23.3 Å². The monoisotopic (exact) mass is 304 g/mol. The number of carbonyl (C=O) groups excluding carboxylic acids is 2. The highest BCUT2D eigenvalue weighted by Gasteiger charge is 2.38. The van der Waals surface area contributed by atoms with Crippen LogP contribution in [0.5, 0.6) is 0 Å². The molecule has 0 aromatic heterocycles. The predicted octanol–water partition coefficient (Wildman–Crippen LogP) is 1.32. The Hall–Kier alpha value is -1.44. The van der Waals surface area contributed by atoms with Crippen LogP contribution in [0, 0.1) is 0 Å². The quantitative estimate of drug-likeness (QED) is 0.718. The Morgan fingerprint density at radius 3 is 2.45 bits per heavy atom. The largest absolute Gasteiger partial charge is 0.467 e. The van der Waals surface area contributed by atoms with E-state index in [1.807, 2.05) is 0 Å². The number of hydrogen-bond donors (Lipinski definition) is 0. The van der Waals surface area contributed by atoms with Gasteiger partial charge >= 0.3 is 12.1 Å². The SMILES string of the molecule is COC(=O)[C@@H]1CC[C@H](N=S=O)CN1C(=O)OC(C)(C)C. The Labute approximate surface area is 121 Å². The number of rotatable bonds is 2. The molecule has 8 heteroatoms. The molecule has 2 atom stereocenters. The first-order valence-electron chi connectivity index (χ1n) is 6.35. The van der Waals surface area contributed by atoms with E-state index < -0.39 is 23.7 Å². The lowest BCUT2D eigenvalue weighted by atomic mass is 9.99. The molecular weight excluding hydrogens is 284 g/mol. The van der Waals surface area contributed by atoms with E-state index in [1.54, 1.807) is 20.8 Å². The van der Waals surface area contributed by atoms with Gasteiger partial charge in [0.2, 0.25) is 0 Å². The molecule has 0 spiro atoms. The Balaban J connectivity index is 2.88. The fourth-order valence-electron chi connectivity index (χ4n) is 2.00. The highest BCUT2D eigenvalue weighted by Crippen LogP contribution is 2.23. The van der Waals surface area contributed by atoms with Crippen LogP contribution in [-0.4, -0.2) is 52.5 Å². The predicted molar refractivity (Wildman–Crippen MR) is 72.3 cm³/mol. The average Bonchev–Trinajstić information content (AvgIpc) is 2.36. The van der Waals surface area contributed by atoms with Crippen molar-refractivity contribution in [3.05, 3.63) is 0 Å². The molecule has 0 saturated carbocycles. The minimum Gasteiger partial charge on any atom is -0.467 e. The lowest BCUT2D eigenvalue weighted by Gasteiger charge is -2.36. The number of amides is 1. The van der Waals surface area contributed by atoms with Crippen LogP contribution >= 0.6 is 0 Å². The minimum absolute atomic E-state index is 0.130. The molecular formula is C12H20N2O5S. The average molecular weight is 304 g/mol. The summed E-state index contributed by atoms with van der Waals surface area (Å²) < 4.78 is 24.3. The maximum atomic E-state index is 12.2. The lowest BCUT2D eigenvalue weighted by molar-refractivity contribution is -0.148. The molecule has 114 valence electrons. The van der Waals surface area contributed by atoms with Crippen LogP contribution in [-0.2, 0) is 25.7 Å². The Kier molecular flexibility index (Phi) is 5.67. The number of hydrogen-bond acceptors (Lipinski definition) is 6. The summed E-state index contributed by atoms with van der Waals surface area (Å²) in [5.74, 6) is -0.482. The van der Waals surface area contributed by atoms with Gasteiger partial charge in [-0.25, -0.2) is 9.59 Å². The van der Waals surface area contributed by atoms with Gasteiger partial charge < -0.3 is 9.47 Å². The molecule has 0 radical (unpaired) electrons. The van der Waals surface area contributed by atoms with Crippen LogP contribution in [0.15, 0.2) is 4.36 Å². The molecule has 0 aromatic rings. The number of nitrogens with zero attached hydrogens (tertiary/aromatic N) is 2. The molecule has 1 rings (SSSR count). The standard InChI is InChI=1S/C12H20N2O5S/c1-12(2,3)19-11(16)14-7-8(13-20-17)5-6-9(14)10(15)18-4/h8-9H,5-7H2,1-4H3/t8-,9-/m0/s1. The second-order valence-corrected chi connectivity index (χ2v) is 5.94. The molecule has 0 bridgehead atoms. The smallest absolute Gasteiger partial charge is 0.411 e. The van der Waals surface area contributed by atoms with E-state index in [1.165, 1.54) is 12.0 Å². The van der Waals surface area contributed by atoms with E-state index in [2.05, 4.69) is 4.36 Å². The van der Waals surface area contributed by atoms with Crippen molar-refractivity contribution in [2.24, 2.45) is 4.36 Å². The van der Waals surface area contributed by atoms with Crippen LogP contribution in [0.25, 0.3) is 0 Å². The van der Waals surface area contributed by atoms with Gasteiger partial charge in [0.25, 0.3) is 0 Å². The first kappa shape index (κ1) is 16.6. The van der Waals surface area contributed by atoms with Crippen LogP contribution in [0.1, 0.15) is 33.6 Å². The number of likely N-dealkylation sites (tertiary alicyclic amines) is 1. The van der Waals surface area contributed by atoms with E-state index in [0.717, 1.165) is 0 Å². The first-order valence-corrected chi connectivity index (χ1v) is 7.05. The number of ether oxygens (including phenoxy) is 2. The maximum Gasteiger partial charge on any atom is 0.411 e. The Bertz CT molecular complexity index is 428. The van der Waals surface area contributed by atoms with E-state index in [-0.39, 0.29) is 24.0 Å². The summed E-state index contributed by atoms with van der Waals surface area (Å²) in [5.41, 5.74) is -0.658. The van der Waals surface area contributed by atoms with Gasteiger partial charge in [-0.3, -0.25) is 4.90 Å². The van der Waals surface area contributed by atoms with Gasteiger partial charge in [-0.05, 0) is 33.6 Å². The third-order valence-corrected chi connectivity index (χ3v) is 3.23. The molecule has 1 aliphatic rings. The summed E-state index contributed by atoms with van der Waals surface area (Å²) in [5, 5.41) is 0. The van der Waals surface area contributed by atoms with Crippen LogP contribution in [0.3, 0.4) is 0 Å². The summed E-state index contributed by atoms with van der Waals surface area (Å²) in [6, 6.07) is -0.969. The number of esters is 1. The van der Waals surface area contributed by atoms with Crippen molar-refractivity contribution in [3.63, 3.8) is 0 Å². The normalized spacial score (nSPS) is 22.9. The zero-order valence-corrected chi connectivity index (χ0v) is 12.9. The van der Waals surface area contributed by atoms with Crippen molar-refractivity contribution >= 4 is 23.5 Å². The molecule has 0 N–H and O–H groups in total. The highest BCUT2D eigenvalue weighted by atomic mass is 32.1. The van der Waals surface area contributed by atoms with Gasteiger partial charge in [0.05, 0.1) is 13.2 Å². The van der Waals surface area contributed by atoms with Gasteiger partial charge in [0.15, 0.2) is 11.5 Å². The zero-order chi connectivity index (χ0) is 15.3. The second kappa shape index (κ2) is 6.83. The Morgan fingerprint density at radius 1 is 1.30 bits per heavy atom. The number of piperidine rings is 1. The van der Waals surface area contributed by atoms with E-state index in [0.29, 0.717) is 12.8 Å². The molecule has 1 heterocycles. The summed E-state index contributed by atoms with van der Waals surface area (Å²) in [7, 11) is 1.28. The van der Waals surface area contributed by atoms with Gasteiger partial charge in [0.1, 0.15) is 11.6 Å². The molecule has 7 nitrogen and oxygen atoms in total. The van der Waals surface area contributed by atoms with Gasteiger partial charge in [0, 0.05) is 6.54 Å². The summed E-state index contributed by atoms with van der Waals surface area (Å²) in [4.78, 5) is 25.2. The lowest BCUT2D eigenvalue weighted by Crippen LogP contribution is -2.53. The molecule has 1 amide bonds. The molecule has 1 fully saturated rings. The zero-order valence-electron chi connectivity index (χ0n) is 12.1. The van der Waals surface area contributed by atoms with Crippen molar-refractivity contribution in [2.75, 3.05) is 13.7 Å². The first-order chi connectivity index (χ1) is 9.28. The highest BCUT2D eigenvalue weighted by molar-refractivity contribution is 7.54. The fraction of sp³-hybridized carbons (Fsp3) is 0.833. The topological polar surface area (TPSA) is 85.3 Å². The fourth-order valence-corrected chi connectivity index (χ4v) is 2.30. The number of methoxy groups -OCH3 is 1. The van der Waals surface area contributed by atoms with E-state index >= 15 is 0 Å². The number of carbonyl (C=O) groups is 2. The summed E-state index contributed by atoms with van der Waals surface area (Å²) in [6.07, 6.45) is 0.373. The third kappa shape index (κ3) is 4.59. The van der Waals surface area contributed by atoms with Gasteiger partial charge in [-0.2, -0.15) is 8.57 Å². The molecule has 0 aromatic carbocycles. The summed E-state index contributed by atoms with van der Waals surface area (Å²) >= 11 is 0.130. The van der Waals surface area contributed by atoms with Crippen LogP contribution in [0.2, 0.25) is 0 Å². The van der Waals surface area contributed by atoms with Crippen LogP contribution in [0.4, 0.5) is 4.79 Å². The van der Waals surface area contributed by atoms with Gasteiger partial charge in [-0.15, -0.1) is 0 Å².